The standard InChI is InChI=1S/C13H23NO/c1-4-6-11(3)12(8-9-14)10-13(15)7-5-2/h5-7,10,12,15H,4,8-9,14H2,1-3H3/b7-5-,11-6-,13-10-. The van der Waals surface area contributed by atoms with Gasteiger partial charge in [0, 0.05) is 5.92 Å². The van der Waals surface area contributed by atoms with Crippen molar-refractivity contribution < 1.29 is 5.11 Å². The molecule has 0 heterocycles. The minimum atomic E-state index is 0.256. The summed E-state index contributed by atoms with van der Waals surface area (Å²) in [6, 6.07) is 0. The summed E-state index contributed by atoms with van der Waals surface area (Å²) >= 11 is 0. The molecule has 2 heteroatoms. The van der Waals surface area contributed by atoms with Gasteiger partial charge in [-0.1, -0.05) is 24.6 Å². The average molecular weight is 209 g/mol. The highest BCUT2D eigenvalue weighted by atomic mass is 16.3. The van der Waals surface area contributed by atoms with Crippen molar-refractivity contribution in [1.29, 1.82) is 0 Å². The molecule has 2 nitrogen and oxygen atoms in total. The zero-order chi connectivity index (χ0) is 11.7. The van der Waals surface area contributed by atoms with Crippen molar-refractivity contribution in [3.8, 4) is 0 Å². The van der Waals surface area contributed by atoms with E-state index in [9.17, 15) is 5.11 Å². The summed E-state index contributed by atoms with van der Waals surface area (Å²) in [7, 11) is 0. The average Bonchev–Trinajstić information content (AvgIpc) is 2.18. The maximum absolute atomic E-state index is 9.57. The maximum atomic E-state index is 9.57. The van der Waals surface area contributed by atoms with Gasteiger partial charge in [-0.15, -0.1) is 0 Å². The first-order chi connectivity index (χ1) is 7.15. The van der Waals surface area contributed by atoms with Crippen LogP contribution in [-0.2, 0) is 0 Å². The SMILES string of the molecule is C/C=C\C(O)=C\C(CCN)/C(C)=C\CC. The van der Waals surface area contributed by atoms with Gasteiger partial charge in [0.25, 0.3) is 0 Å². The van der Waals surface area contributed by atoms with Crippen molar-refractivity contribution in [3.63, 3.8) is 0 Å². The van der Waals surface area contributed by atoms with E-state index < -0.39 is 0 Å². The summed E-state index contributed by atoms with van der Waals surface area (Å²) in [5.74, 6) is 0.575. The molecule has 0 radical (unpaired) electrons. The Hall–Kier alpha value is -1.02. The van der Waals surface area contributed by atoms with Crippen molar-refractivity contribution in [1.82, 2.24) is 0 Å². The number of rotatable bonds is 6. The van der Waals surface area contributed by atoms with E-state index in [0.717, 1.165) is 12.8 Å². The maximum Gasteiger partial charge on any atom is 0.111 e. The topological polar surface area (TPSA) is 46.2 Å². The largest absolute Gasteiger partial charge is 0.508 e. The first kappa shape index (κ1) is 14.0. The summed E-state index contributed by atoms with van der Waals surface area (Å²) in [6.07, 6.45) is 9.47. The van der Waals surface area contributed by atoms with Crippen LogP contribution in [0.1, 0.15) is 33.6 Å². The Balaban J connectivity index is 4.66. The molecule has 0 fully saturated rings. The van der Waals surface area contributed by atoms with E-state index in [2.05, 4.69) is 19.9 Å². The lowest BCUT2D eigenvalue weighted by molar-refractivity contribution is 0.424. The van der Waals surface area contributed by atoms with Crippen LogP contribution in [0.3, 0.4) is 0 Å². The number of nitrogens with two attached hydrogens (primary N) is 1. The molecular formula is C13H23NO. The fourth-order valence-electron chi connectivity index (χ4n) is 1.53. The molecule has 0 spiro atoms. The van der Waals surface area contributed by atoms with Gasteiger partial charge in [0.05, 0.1) is 0 Å². The van der Waals surface area contributed by atoms with Gasteiger partial charge in [-0.2, -0.15) is 0 Å². The van der Waals surface area contributed by atoms with Gasteiger partial charge in [-0.3, -0.25) is 0 Å². The Morgan fingerprint density at radius 3 is 2.60 bits per heavy atom. The summed E-state index contributed by atoms with van der Waals surface area (Å²) < 4.78 is 0. The molecule has 3 N–H and O–H groups in total. The van der Waals surface area contributed by atoms with Crippen molar-refractivity contribution >= 4 is 0 Å². The van der Waals surface area contributed by atoms with Gasteiger partial charge in [-0.05, 0) is 45.4 Å². The fourth-order valence-corrected chi connectivity index (χ4v) is 1.53. The minimum Gasteiger partial charge on any atom is -0.508 e. The van der Waals surface area contributed by atoms with Crippen LogP contribution in [0.2, 0.25) is 0 Å². The van der Waals surface area contributed by atoms with Crippen LogP contribution in [0.15, 0.2) is 35.6 Å². The lowest BCUT2D eigenvalue weighted by atomic mass is 9.95. The number of hydrogen-bond donors (Lipinski definition) is 2. The molecule has 86 valence electrons. The predicted molar refractivity (Wildman–Crippen MR) is 66.7 cm³/mol. The molecule has 0 aliphatic heterocycles. The highest BCUT2D eigenvalue weighted by Crippen LogP contribution is 2.18. The van der Waals surface area contributed by atoms with Gasteiger partial charge >= 0.3 is 0 Å². The van der Waals surface area contributed by atoms with Crippen LogP contribution in [0, 0.1) is 5.92 Å². The normalized spacial score (nSPS) is 16.0. The van der Waals surface area contributed by atoms with E-state index in [1.54, 1.807) is 6.08 Å². The van der Waals surface area contributed by atoms with E-state index in [-0.39, 0.29) is 5.92 Å². The van der Waals surface area contributed by atoms with Gasteiger partial charge in [-0.25, -0.2) is 0 Å². The van der Waals surface area contributed by atoms with Crippen LogP contribution in [0.4, 0.5) is 0 Å². The van der Waals surface area contributed by atoms with Crippen molar-refractivity contribution in [2.24, 2.45) is 11.7 Å². The molecule has 1 unspecified atom stereocenters. The Morgan fingerprint density at radius 1 is 1.47 bits per heavy atom. The monoisotopic (exact) mass is 209 g/mol. The van der Waals surface area contributed by atoms with Crippen LogP contribution < -0.4 is 5.73 Å². The minimum absolute atomic E-state index is 0.256. The Labute approximate surface area is 93.2 Å². The first-order valence-corrected chi connectivity index (χ1v) is 5.55. The van der Waals surface area contributed by atoms with Gasteiger partial charge in [0.15, 0.2) is 0 Å². The molecule has 1 atom stereocenters. The summed E-state index contributed by atoms with van der Waals surface area (Å²) in [4.78, 5) is 0. The number of hydrogen-bond acceptors (Lipinski definition) is 2. The first-order valence-electron chi connectivity index (χ1n) is 5.55. The number of aliphatic hydroxyl groups excluding tert-OH is 1. The molecule has 15 heavy (non-hydrogen) atoms. The van der Waals surface area contributed by atoms with E-state index in [4.69, 9.17) is 5.73 Å². The number of aliphatic hydroxyl groups is 1. The second-order valence-corrected chi connectivity index (χ2v) is 3.63. The van der Waals surface area contributed by atoms with Crippen molar-refractivity contribution in [2.75, 3.05) is 6.54 Å². The fraction of sp³-hybridized carbons (Fsp3) is 0.538. The molecule has 0 aromatic heterocycles. The second kappa shape index (κ2) is 8.30. The van der Waals surface area contributed by atoms with E-state index in [1.807, 2.05) is 19.1 Å². The summed E-state index contributed by atoms with van der Waals surface area (Å²) in [6.45, 7) is 6.72. The third-order valence-corrected chi connectivity index (χ3v) is 2.30. The smallest absolute Gasteiger partial charge is 0.111 e. The molecule has 0 aliphatic carbocycles. The van der Waals surface area contributed by atoms with Gasteiger partial charge < -0.3 is 10.8 Å². The van der Waals surface area contributed by atoms with Gasteiger partial charge in [0.2, 0.25) is 0 Å². The molecule has 0 saturated heterocycles. The lowest BCUT2D eigenvalue weighted by Crippen LogP contribution is -2.08. The molecule has 0 amide bonds. The Kier molecular flexibility index (Phi) is 7.74. The molecule has 0 saturated carbocycles. The third-order valence-electron chi connectivity index (χ3n) is 2.30. The van der Waals surface area contributed by atoms with Crippen molar-refractivity contribution in [2.45, 2.75) is 33.6 Å². The quantitative estimate of drug-likeness (QED) is 0.400. The highest BCUT2D eigenvalue weighted by molar-refractivity contribution is 5.18. The van der Waals surface area contributed by atoms with Crippen LogP contribution in [0.5, 0.6) is 0 Å². The summed E-state index contributed by atoms with van der Waals surface area (Å²) in [5, 5.41) is 9.57. The van der Waals surface area contributed by atoms with Gasteiger partial charge in [0.1, 0.15) is 5.76 Å². The molecule has 0 bridgehead atoms. The summed E-state index contributed by atoms with van der Waals surface area (Å²) in [5.41, 5.74) is 6.83. The van der Waals surface area contributed by atoms with E-state index in [1.165, 1.54) is 5.57 Å². The van der Waals surface area contributed by atoms with Crippen molar-refractivity contribution in [3.05, 3.63) is 35.6 Å². The third kappa shape index (κ3) is 6.13. The van der Waals surface area contributed by atoms with Crippen LogP contribution in [0.25, 0.3) is 0 Å². The molecule has 0 rings (SSSR count). The Morgan fingerprint density at radius 2 is 2.13 bits per heavy atom. The number of allylic oxidation sites excluding steroid dienone is 5. The molecule has 0 aromatic rings. The zero-order valence-corrected chi connectivity index (χ0v) is 10.0. The highest BCUT2D eigenvalue weighted by Gasteiger charge is 2.07. The second-order valence-electron chi connectivity index (χ2n) is 3.63. The molecule has 0 aliphatic rings. The zero-order valence-electron chi connectivity index (χ0n) is 10.0. The van der Waals surface area contributed by atoms with E-state index >= 15 is 0 Å². The van der Waals surface area contributed by atoms with Crippen LogP contribution in [-0.4, -0.2) is 11.7 Å². The Bertz CT molecular complexity index is 251. The molecular weight excluding hydrogens is 186 g/mol. The lowest BCUT2D eigenvalue weighted by Gasteiger charge is -2.12. The van der Waals surface area contributed by atoms with Crippen LogP contribution >= 0.6 is 0 Å². The molecule has 0 aromatic carbocycles. The predicted octanol–water partition coefficient (Wildman–Crippen LogP) is 3.33. The van der Waals surface area contributed by atoms with E-state index in [0.29, 0.717) is 12.3 Å².